The molecule has 3 aromatic carbocycles. The van der Waals surface area contributed by atoms with E-state index >= 15 is 0 Å². The third-order valence-corrected chi connectivity index (χ3v) is 6.16. The highest BCUT2D eigenvalue weighted by atomic mass is 127. The first-order valence-corrected chi connectivity index (χ1v) is 12.0. The Balaban J connectivity index is 1.57. The third kappa shape index (κ3) is 5.62. The Morgan fingerprint density at radius 3 is 2.47 bits per heavy atom. The van der Waals surface area contributed by atoms with E-state index in [0.717, 1.165) is 39.0 Å². The molecule has 174 valence electrons. The van der Waals surface area contributed by atoms with Crippen LogP contribution in [0.2, 0.25) is 0 Å². The molecular weight excluding hydrogens is 543 g/mol. The van der Waals surface area contributed by atoms with Crippen molar-refractivity contribution < 1.29 is 23.8 Å². The van der Waals surface area contributed by atoms with E-state index in [9.17, 15) is 4.79 Å². The van der Waals surface area contributed by atoms with E-state index in [1.807, 2.05) is 32.0 Å². The van der Waals surface area contributed by atoms with Crippen molar-refractivity contribution in [1.82, 2.24) is 0 Å². The molecule has 4 rings (SSSR count). The van der Waals surface area contributed by atoms with Crippen molar-refractivity contribution >= 4 is 45.1 Å². The van der Waals surface area contributed by atoms with Crippen LogP contribution in [-0.2, 0) is 4.79 Å². The Bertz CT molecular complexity index is 1350. The lowest BCUT2D eigenvalue weighted by molar-refractivity contribution is -0.144. The average Bonchev–Trinajstić information content (AvgIpc) is 3.18. The first kappa shape index (κ1) is 23.9. The van der Waals surface area contributed by atoms with Gasteiger partial charge in [0.1, 0.15) is 29.4 Å². The average molecular weight is 568 g/mol. The first-order valence-electron chi connectivity index (χ1n) is 10.9. The maximum absolute atomic E-state index is 11.1. The highest BCUT2D eigenvalue weighted by Crippen LogP contribution is 2.29. The molecule has 1 unspecified atom stereocenters. The molecule has 1 heterocycles. The molecule has 34 heavy (non-hydrogen) atoms. The fraction of sp³-hybridized carbons (Fsp3) is 0.179. The molecule has 0 saturated carbocycles. The summed E-state index contributed by atoms with van der Waals surface area (Å²) in [7, 11) is 0. The van der Waals surface area contributed by atoms with Crippen molar-refractivity contribution in [3.63, 3.8) is 0 Å². The third-order valence-electron chi connectivity index (χ3n) is 5.44. The minimum Gasteiger partial charge on any atom is -0.489 e. The van der Waals surface area contributed by atoms with E-state index in [2.05, 4.69) is 65.1 Å². The van der Waals surface area contributed by atoms with Crippen molar-refractivity contribution in [2.45, 2.75) is 26.9 Å². The molecule has 0 aliphatic rings. The molecule has 0 amide bonds. The fourth-order valence-corrected chi connectivity index (χ4v) is 4.04. The molecule has 1 N–H and O–H groups in total. The number of halogens is 1. The molecule has 0 radical (unpaired) electrons. The molecule has 0 aliphatic heterocycles. The van der Waals surface area contributed by atoms with Gasteiger partial charge in [-0.15, -0.1) is 0 Å². The van der Waals surface area contributed by atoms with Gasteiger partial charge in [-0.3, -0.25) is 0 Å². The monoisotopic (exact) mass is 568 g/mol. The molecular formula is C28H25IO5. The zero-order valence-corrected chi connectivity index (χ0v) is 21.3. The number of carboxylic acid groups (broad SMARTS) is 1. The van der Waals surface area contributed by atoms with Gasteiger partial charge in [-0.25, -0.2) is 4.79 Å². The zero-order valence-electron chi connectivity index (χ0n) is 19.2. The number of fused-ring (bicyclic) bond motifs is 1. The Morgan fingerprint density at radius 1 is 1.03 bits per heavy atom. The van der Waals surface area contributed by atoms with Gasteiger partial charge in [-0.2, -0.15) is 0 Å². The minimum atomic E-state index is -1.00. The highest BCUT2D eigenvalue weighted by Gasteiger charge is 2.14. The van der Waals surface area contributed by atoms with E-state index < -0.39 is 12.1 Å². The lowest BCUT2D eigenvalue weighted by Crippen LogP contribution is -2.23. The van der Waals surface area contributed by atoms with E-state index in [4.69, 9.17) is 19.0 Å². The molecule has 5 nitrogen and oxygen atoms in total. The predicted molar refractivity (Wildman–Crippen MR) is 142 cm³/mol. The van der Waals surface area contributed by atoms with Crippen LogP contribution in [0.3, 0.4) is 0 Å². The summed E-state index contributed by atoms with van der Waals surface area (Å²) in [4.78, 5) is 11.1. The van der Waals surface area contributed by atoms with Crippen LogP contribution in [0.1, 0.15) is 29.4 Å². The van der Waals surface area contributed by atoms with Gasteiger partial charge < -0.3 is 19.0 Å². The van der Waals surface area contributed by atoms with E-state index in [1.54, 1.807) is 12.1 Å². The molecule has 0 bridgehead atoms. The van der Waals surface area contributed by atoms with Crippen molar-refractivity contribution in [2.24, 2.45) is 0 Å². The number of hydrogen-bond acceptors (Lipinski definition) is 4. The van der Waals surface area contributed by atoms with Gasteiger partial charge in [0.25, 0.3) is 0 Å². The predicted octanol–water partition coefficient (Wildman–Crippen LogP) is 7.02. The zero-order chi connectivity index (χ0) is 24.2. The maximum Gasteiger partial charge on any atom is 0.344 e. The summed E-state index contributed by atoms with van der Waals surface area (Å²) >= 11 is 2.30. The van der Waals surface area contributed by atoms with Crippen LogP contribution in [0.5, 0.6) is 11.5 Å². The van der Waals surface area contributed by atoms with Crippen LogP contribution in [0.25, 0.3) is 16.5 Å². The van der Waals surface area contributed by atoms with Gasteiger partial charge in [0, 0.05) is 8.96 Å². The van der Waals surface area contributed by atoms with Crippen LogP contribution in [0, 0.1) is 17.4 Å². The maximum atomic E-state index is 11.1. The number of aliphatic carboxylic acids is 1. The van der Waals surface area contributed by atoms with Crippen molar-refractivity contribution in [1.29, 1.82) is 0 Å². The number of carbonyl (C=O) groups is 1. The van der Waals surface area contributed by atoms with Crippen molar-refractivity contribution in [2.75, 3.05) is 6.61 Å². The molecule has 0 spiro atoms. The second kappa shape index (κ2) is 10.3. The number of ether oxygens (including phenoxy) is 2. The van der Waals surface area contributed by atoms with Crippen LogP contribution < -0.4 is 9.47 Å². The van der Waals surface area contributed by atoms with E-state index in [0.29, 0.717) is 18.1 Å². The summed E-state index contributed by atoms with van der Waals surface area (Å²) in [6.45, 7) is 5.69. The van der Waals surface area contributed by atoms with Crippen LogP contribution >= 0.6 is 22.6 Å². The lowest BCUT2D eigenvalue weighted by Gasteiger charge is -2.14. The number of benzene rings is 3. The standard InChI is InChI=1S/C28H25IO5/c1-17-14-24(9-11-26(17)34-19(3)28(30)31)32-13-12-25(20-4-7-23(29)8-5-20)21-6-10-27-22(16-21)15-18(2)33-27/h4-12,14-16,19H,13H2,1-3H3,(H,30,31)/b25-12-. The first-order chi connectivity index (χ1) is 16.3. The normalized spacial score (nSPS) is 12.5. The van der Waals surface area contributed by atoms with Gasteiger partial charge in [-0.05, 0) is 120 Å². The van der Waals surface area contributed by atoms with E-state index in [-0.39, 0.29) is 0 Å². The van der Waals surface area contributed by atoms with E-state index in [1.165, 1.54) is 10.5 Å². The Hall–Kier alpha value is -3.26. The number of aryl methyl sites for hydroxylation is 2. The Labute approximate surface area is 212 Å². The van der Waals surface area contributed by atoms with Gasteiger partial charge in [0.05, 0.1) is 0 Å². The molecule has 1 aromatic heterocycles. The summed E-state index contributed by atoms with van der Waals surface area (Å²) in [6.07, 6.45) is 1.16. The van der Waals surface area contributed by atoms with Crippen LogP contribution in [0.4, 0.5) is 0 Å². The Kier molecular flexibility index (Phi) is 7.26. The summed E-state index contributed by atoms with van der Waals surface area (Å²) in [5.41, 5.74) is 4.94. The second-order valence-electron chi connectivity index (χ2n) is 8.07. The molecule has 1 atom stereocenters. The highest BCUT2D eigenvalue weighted by molar-refractivity contribution is 14.1. The van der Waals surface area contributed by atoms with Gasteiger partial charge in [0.15, 0.2) is 6.10 Å². The van der Waals surface area contributed by atoms with Gasteiger partial charge in [-0.1, -0.05) is 18.2 Å². The number of hydrogen-bond donors (Lipinski definition) is 1. The molecule has 6 heteroatoms. The number of furan rings is 1. The fourth-order valence-electron chi connectivity index (χ4n) is 3.68. The van der Waals surface area contributed by atoms with Crippen LogP contribution in [-0.4, -0.2) is 23.8 Å². The SMILES string of the molecule is Cc1cc2cc(/C(=C\COc3ccc(OC(C)C(=O)O)c(C)c3)c3ccc(I)cc3)ccc2o1. The summed E-state index contributed by atoms with van der Waals surface area (Å²) in [5.74, 6) is 1.10. The second-order valence-corrected chi connectivity index (χ2v) is 9.32. The summed E-state index contributed by atoms with van der Waals surface area (Å²) < 4.78 is 18.4. The molecule has 0 aliphatic carbocycles. The molecule has 0 saturated heterocycles. The lowest BCUT2D eigenvalue weighted by atomic mass is 9.97. The van der Waals surface area contributed by atoms with Crippen LogP contribution in [0.15, 0.2) is 77.2 Å². The topological polar surface area (TPSA) is 68.9 Å². The van der Waals surface area contributed by atoms with Gasteiger partial charge in [0.2, 0.25) is 0 Å². The number of carboxylic acids is 1. The molecule has 4 aromatic rings. The quantitative estimate of drug-likeness (QED) is 0.232. The molecule has 0 fully saturated rings. The van der Waals surface area contributed by atoms with Crippen molar-refractivity contribution in [3.8, 4) is 11.5 Å². The largest absolute Gasteiger partial charge is 0.489 e. The Morgan fingerprint density at radius 2 is 1.76 bits per heavy atom. The summed E-state index contributed by atoms with van der Waals surface area (Å²) in [6, 6.07) is 22.0. The van der Waals surface area contributed by atoms with Crippen molar-refractivity contribution in [3.05, 3.63) is 98.8 Å². The van der Waals surface area contributed by atoms with Gasteiger partial charge >= 0.3 is 5.97 Å². The number of rotatable bonds is 8. The smallest absolute Gasteiger partial charge is 0.344 e. The summed E-state index contributed by atoms with van der Waals surface area (Å²) in [5, 5.41) is 10.1. The minimum absolute atomic E-state index is 0.370.